The number of carbonyl (C=O) groups excluding carboxylic acids is 5. The Kier molecular flexibility index (Phi) is 41.9. The van der Waals surface area contributed by atoms with Crippen molar-refractivity contribution in [2.24, 2.45) is 0 Å². The average molecular weight is 960 g/mol. The molecule has 4 rings (SSSR count). The van der Waals surface area contributed by atoms with Gasteiger partial charge in [0.2, 0.25) is 17.7 Å². The van der Waals surface area contributed by atoms with E-state index in [-0.39, 0.29) is 101 Å². The van der Waals surface area contributed by atoms with Crippen LogP contribution in [-0.4, -0.2) is 124 Å². The smallest absolute Gasteiger partial charge is 1.00 e. The molecule has 0 saturated heterocycles. The molecule has 66 heavy (non-hydrogen) atoms. The molecule has 1 N–H and O–H groups in total. The summed E-state index contributed by atoms with van der Waals surface area (Å²) in [5.41, 5.74) is 5.33. The summed E-state index contributed by atoms with van der Waals surface area (Å²) in [6, 6.07) is 23.4. The Balaban J connectivity index is -0.000000364. The molecule has 13 nitrogen and oxygen atoms in total. The summed E-state index contributed by atoms with van der Waals surface area (Å²) in [7, 11) is 10.6. The molecule has 0 aliphatic rings. The molecular formula is C47H59ClF4MgN4O9. The van der Waals surface area contributed by atoms with E-state index in [1.54, 1.807) is 74.8 Å². The summed E-state index contributed by atoms with van der Waals surface area (Å²) < 4.78 is 50.0. The molecule has 0 bridgehead atoms. The van der Waals surface area contributed by atoms with Gasteiger partial charge in [0.1, 0.15) is 29.1 Å². The summed E-state index contributed by atoms with van der Waals surface area (Å²) in [6.45, 7) is 12.4. The van der Waals surface area contributed by atoms with E-state index < -0.39 is 0 Å². The van der Waals surface area contributed by atoms with Crippen LogP contribution in [0.25, 0.3) is 0 Å². The Labute approximate surface area is 408 Å². The number of Topliss-reactive ketones (excluding diaryl/α,β-unsaturated/α-hetero) is 1. The second kappa shape index (κ2) is 41.1. The third kappa shape index (κ3) is 35.0. The van der Waals surface area contributed by atoms with Crippen LogP contribution in [0.2, 0.25) is 0 Å². The number of ketones is 2. The summed E-state index contributed by atoms with van der Waals surface area (Å²) in [4.78, 5) is 73.4. The van der Waals surface area contributed by atoms with Crippen molar-refractivity contribution in [3.8, 4) is 0 Å². The fourth-order valence-electron chi connectivity index (χ4n) is 4.22. The number of hydrogen-bond acceptors (Lipinski definition) is 10. The van der Waals surface area contributed by atoms with Gasteiger partial charge >= 0.3 is 23.1 Å². The van der Waals surface area contributed by atoms with Crippen LogP contribution < -0.4 is 17.9 Å². The number of hydroxylamine groups is 7. The molecule has 19 heteroatoms. The number of nitrogens with one attached hydrogen (secondary N) is 1. The van der Waals surface area contributed by atoms with E-state index in [9.17, 15) is 41.5 Å². The molecule has 0 radical (unpaired) electrons. The first-order valence-electron chi connectivity index (χ1n) is 19.1. The minimum atomic E-state index is -0.309. The van der Waals surface area contributed by atoms with Gasteiger partial charge in [-0.25, -0.2) is 33.2 Å². The molecule has 0 unspecified atom stereocenters. The molecule has 0 aromatic heterocycles. The van der Waals surface area contributed by atoms with Gasteiger partial charge in [-0.2, -0.15) is 5.06 Å². The standard InChI is InChI=1S/C12H16FNO2.C10H12FNO2.C10H9FO.C9H10FNO2.C4H9NO2.C2H3.ClH.Mg/c1-14(16-2)8-7-12(15)9-10-3-5-11(13)6-4-10;1-12(14-2)10(13)7-8-3-5-9(11)6-4-8;1-2-10(12)7-8-3-5-9(11)6-4-8;1-13-11-9(12)6-7-2-4-8(10)5-3-7;1-4(6)5(2)7-3;1-2;;/h3-6H,7-9H2,1-2H3;3-6H,7H2,1-2H3;2-6H,1,7H2;2-5H,6H2,1H3,(H,11,12);1-3H3;1H,2H2;1H;/q;;;;;-1;;+2/p-1. The fourth-order valence-corrected chi connectivity index (χ4v) is 4.22. The number of halogens is 5. The van der Waals surface area contributed by atoms with Crippen molar-refractivity contribution >= 4 is 52.3 Å². The van der Waals surface area contributed by atoms with Crippen molar-refractivity contribution in [2.45, 2.75) is 39.0 Å². The minimum absolute atomic E-state index is 0. The van der Waals surface area contributed by atoms with Crippen molar-refractivity contribution in [3.05, 3.63) is 168 Å². The van der Waals surface area contributed by atoms with Gasteiger partial charge in [-0.1, -0.05) is 55.1 Å². The van der Waals surface area contributed by atoms with Crippen LogP contribution >= 0.6 is 0 Å². The molecule has 4 aromatic rings. The number of benzene rings is 4. The Morgan fingerprint density at radius 2 is 0.939 bits per heavy atom. The minimum Gasteiger partial charge on any atom is -1.00 e. The van der Waals surface area contributed by atoms with Crippen LogP contribution in [0.15, 0.2) is 116 Å². The first-order valence-corrected chi connectivity index (χ1v) is 19.1. The largest absolute Gasteiger partial charge is 2.00 e. The van der Waals surface area contributed by atoms with E-state index in [4.69, 9.17) is 9.68 Å². The van der Waals surface area contributed by atoms with E-state index in [0.29, 0.717) is 25.8 Å². The zero-order valence-corrected chi connectivity index (χ0v) is 40.8. The van der Waals surface area contributed by atoms with E-state index in [0.717, 1.165) is 32.4 Å². The fraction of sp³-hybridized carbons (Fsp3) is 0.298. The van der Waals surface area contributed by atoms with Crippen LogP contribution in [0.1, 0.15) is 35.6 Å². The maximum atomic E-state index is 12.6. The number of rotatable bonds is 16. The Morgan fingerprint density at radius 1 is 0.591 bits per heavy atom. The predicted molar refractivity (Wildman–Crippen MR) is 241 cm³/mol. The Morgan fingerprint density at radius 3 is 1.24 bits per heavy atom. The van der Waals surface area contributed by atoms with Gasteiger partial charge in [0.05, 0.1) is 41.3 Å². The summed E-state index contributed by atoms with van der Waals surface area (Å²) in [6.07, 6.45) is 2.74. The van der Waals surface area contributed by atoms with Crippen LogP contribution in [0.3, 0.4) is 0 Å². The zero-order valence-electron chi connectivity index (χ0n) is 38.7. The monoisotopic (exact) mass is 958 g/mol. The molecule has 0 aliphatic heterocycles. The van der Waals surface area contributed by atoms with E-state index in [1.165, 1.54) is 89.9 Å². The van der Waals surface area contributed by atoms with Gasteiger partial charge in [0.15, 0.2) is 5.78 Å². The van der Waals surface area contributed by atoms with Gasteiger partial charge in [-0.3, -0.25) is 45.1 Å². The average Bonchev–Trinajstić information content (AvgIpc) is 3.29. The predicted octanol–water partition coefficient (Wildman–Crippen LogP) is 3.63. The van der Waals surface area contributed by atoms with Gasteiger partial charge in [-0.15, -0.1) is 0 Å². The van der Waals surface area contributed by atoms with Crippen LogP contribution in [-0.2, 0) is 69.0 Å². The van der Waals surface area contributed by atoms with Crippen molar-refractivity contribution in [1.29, 1.82) is 0 Å². The molecule has 3 amide bonds. The summed E-state index contributed by atoms with van der Waals surface area (Å²) in [5, 5.41) is 3.89. The second-order valence-electron chi connectivity index (χ2n) is 12.7. The number of amides is 3. The molecule has 0 spiro atoms. The zero-order chi connectivity index (χ0) is 49.0. The SMILES string of the molecule is C=CC(=O)Cc1ccc(F)cc1.CON(C)C(=O)Cc1ccc(F)cc1.CON(C)C(C)=O.CON(C)CCC(=O)Cc1ccc(F)cc1.CONC(=O)Cc1ccc(F)cc1.[CH-]=C.[Cl-].[Mg+2]. The first kappa shape index (κ1) is 67.3. The number of carbonyl (C=O) groups is 5. The summed E-state index contributed by atoms with van der Waals surface area (Å²) in [5.74, 6) is -1.63. The van der Waals surface area contributed by atoms with Crippen LogP contribution in [0.4, 0.5) is 17.6 Å². The topological polar surface area (TPSA) is 144 Å². The van der Waals surface area contributed by atoms with Gasteiger partial charge in [0.25, 0.3) is 0 Å². The van der Waals surface area contributed by atoms with Crippen LogP contribution in [0, 0.1) is 29.8 Å². The van der Waals surface area contributed by atoms with Crippen molar-refractivity contribution in [2.75, 3.05) is 56.1 Å². The quantitative estimate of drug-likeness (QED) is 0.0582. The second-order valence-corrected chi connectivity index (χ2v) is 12.7. The molecule has 358 valence electrons. The van der Waals surface area contributed by atoms with Crippen LogP contribution in [0.5, 0.6) is 0 Å². The molecule has 4 aromatic carbocycles. The number of allylic oxidation sites excluding steroid dienone is 1. The number of hydrogen-bond donors (Lipinski definition) is 1. The third-order valence-electron chi connectivity index (χ3n) is 7.96. The maximum Gasteiger partial charge on any atom is 2.00 e. The number of nitrogens with zero attached hydrogens (tertiary/aromatic N) is 3. The first-order chi connectivity index (χ1) is 30.4. The van der Waals surface area contributed by atoms with E-state index in [2.05, 4.69) is 34.9 Å². The van der Waals surface area contributed by atoms with Gasteiger partial charge in [-0.05, 0) is 76.9 Å². The van der Waals surface area contributed by atoms with Crippen molar-refractivity contribution in [1.82, 2.24) is 20.7 Å². The van der Waals surface area contributed by atoms with Gasteiger partial charge < -0.3 is 23.8 Å². The molecule has 0 atom stereocenters. The normalized spacial score (nSPS) is 9.29. The number of likely N-dealkylation sites (N-methyl/N-ethyl adjacent to an activating group) is 1. The summed E-state index contributed by atoms with van der Waals surface area (Å²) >= 11 is 0. The Bertz CT molecular complexity index is 1950. The maximum absolute atomic E-state index is 12.6. The molecule has 0 aliphatic carbocycles. The van der Waals surface area contributed by atoms with Gasteiger partial charge in [0, 0.05) is 53.9 Å². The van der Waals surface area contributed by atoms with Crippen molar-refractivity contribution < 1.29 is 73.3 Å². The molecule has 0 heterocycles. The van der Waals surface area contributed by atoms with Crippen molar-refractivity contribution in [3.63, 3.8) is 0 Å². The van der Waals surface area contributed by atoms with E-state index >= 15 is 0 Å². The van der Waals surface area contributed by atoms with E-state index in [1.807, 2.05) is 0 Å². The molecule has 0 saturated carbocycles. The Hall–Kier alpha value is -5.31. The third-order valence-corrected chi connectivity index (χ3v) is 7.96. The molecular weight excluding hydrogens is 900 g/mol. The molecule has 0 fully saturated rings.